The lowest BCUT2D eigenvalue weighted by Gasteiger charge is -2.06. The zero-order valence-corrected chi connectivity index (χ0v) is 14.8. The van der Waals surface area contributed by atoms with Crippen molar-refractivity contribution in [1.29, 1.82) is 0 Å². The first-order valence-electron chi connectivity index (χ1n) is 8.05. The number of carbonyl (C=O) groups is 1. The van der Waals surface area contributed by atoms with Crippen LogP contribution >= 0.6 is 0 Å². The van der Waals surface area contributed by atoms with Crippen LogP contribution < -0.4 is 5.32 Å². The lowest BCUT2D eigenvalue weighted by molar-refractivity contribution is 0.102. The third-order valence-corrected chi connectivity index (χ3v) is 5.56. The first-order chi connectivity index (χ1) is 13.0. The molecule has 0 saturated carbocycles. The van der Waals surface area contributed by atoms with Gasteiger partial charge in [0.2, 0.25) is 0 Å². The Morgan fingerprint density at radius 2 is 1.81 bits per heavy atom. The van der Waals surface area contributed by atoms with Crippen LogP contribution in [0.1, 0.15) is 10.5 Å². The fourth-order valence-electron chi connectivity index (χ4n) is 2.61. The average Bonchev–Trinajstić information content (AvgIpc) is 3.17. The summed E-state index contributed by atoms with van der Waals surface area (Å²) in [6, 6.07) is 15.3. The number of carbonyl (C=O) groups excluding carboxylic acids is 1. The molecule has 0 aliphatic rings. The number of para-hydroxylation sites is 1. The first kappa shape index (κ1) is 16.9. The minimum Gasteiger partial charge on any atom is -0.319 e. The van der Waals surface area contributed by atoms with E-state index in [0.717, 1.165) is 9.36 Å². The van der Waals surface area contributed by atoms with Crippen LogP contribution in [0.15, 0.2) is 84.3 Å². The second-order valence-corrected chi connectivity index (χ2v) is 7.61. The van der Waals surface area contributed by atoms with Gasteiger partial charge >= 0.3 is 0 Å². The SMILES string of the molecule is O=C(Nc1ccn(S(=O)(=O)c2cnc3ccccc3c2)c1)c1ccccn1. The topological polar surface area (TPSA) is 94.0 Å². The molecule has 0 aliphatic carbocycles. The summed E-state index contributed by atoms with van der Waals surface area (Å²) in [5.41, 5.74) is 1.31. The number of benzene rings is 1. The first-order valence-corrected chi connectivity index (χ1v) is 9.49. The summed E-state index contributed by atoms with van der Waals surface area (Å²) in [7, 11) is -3.82. The van der Waals surface area contributed by atoms with Gasteiger partial charge in [-0.2, -0.15) is 0 Å². The summed E-state index contributed by atoms with van der Waals surface area (Å²) >= 11 is 0. The molecule has 0 atom stereocenters. The number of rotatable bonds is 4. The van der Waals surface area contributed by atoms with E-state index < -0.39 is 15.9 Å². The van der Waals surface area contributed by atoms with Gasteiger partial charge in [-0.25, -0.2) is 12.4 Å². The van der Waals surface area contributed by atoms with Gasteiger partial charge in [0, 0.05) is 30.2 Å². The number of amides is 1. The van der Waals surface area contributed by atoms with Crippen LogP contribution in [0.3, 0.4) is 0 Å². The molecule has 0 unspecified atom stereocenters. The standard InChI is InChI=1S/C19H14N4O3S/c24-19(18-7-3-4-9-20-18)22-15-8-10-23(13-15)27(25,26)16-11-14-5-1-2-6-17(14)21-12-16/h1-13H,(H,22,24). The Morgan fingerprint density at radius 3 is 2.63 bits per heavy atom. The fourth-order valence-corrected chi connectivity index (χ4v) is 3.78. The quantitative estimate of drug-likeness (QED) is 0.589. The van der Waals surface area contributed by atoms with Crippen molar-refractivity contribution in [2.75, 3.05) is 5.32 Å². The molecule has 0 spiro atoms. The summed E-state index contributed by atoms with van der Waals surface area (Å²) in [6.45, 7) is 0. The van der Waals surface area contributed by atoms with Gasteiger partial charge in [0.05, 0.1) is 11.2 Å². The van der Waals surface area contributed by atoms with Crippen molar-refractivity contribution in [3.8, 4) is 0 Å². The molecule has 3 heterocycles. The molecule has 8 heteroatoms. The van der Waals surface area contributed by atoms with E-state index in [1.807, 2.05) is 18.2 Å². The Labute approximate surface area is 155 Å². The highest BCUT2D eigenvalue weighted by atomic mass is 32.2. The molecule has 0 fully saturated rings. The molecule has 134 valence electrons. The van der Waals surface area contributed by atoms with Gasteiger partial charge in [-0.1, -0.05) is 24.3 Å². The van der Waals surface area contributed by atoms with Crippen molar-refractivity contribution in [2.24, 2.45) is 0 Å². The van der Waals surface area contributed by atoms with E-state index in [-0.39, 0.29) is 10.6 Å². The zero-order chi connectivity index (χ0) is 18.9. The van der Waals surface area contributed by atoms with Crippen molar-refractivity contribution >= 4 is 32.5 Å². The number of fused-ring (bicyclic) bond motifs is 1. The monoisotopic (exact) mass is 378 g/mol. The van der Waals surface area contributed by atoms with Crippen LogP contribution in [-0.2, 0) is 10.0 Å². The molecule has 0 radical (unpaired) electrons. The van der Waals surface area contributed by atoms with E-state index in [9.17, 15) is 13.2 Å². The summed E-state index contributed by atoms with van der Waals surface area (Å²) in [5, 5.41) is 3.36. The minimum absolute atomic E-state index is 0.0689. The number of nitrogens with zero attached hydrogens (tertiary/aromatic N) is 3. The number of nitrogens with one attached hydrogen (secondary N) is 1. The second-order valence-electron chi connectivity index (χ2n) is 5.77. The molecule has 3 aromatic heterocycles. The summed E-state index contributed by atoms with van der Waals surface area (Å²) in [5.74, 6) is -0.418. The highest BCUT2D eigenvalue weighted by Crippen LogP contribution is 2.20. The highest BCUT2D eigenvalue weighted by molar-refractivity contribution is 7.90. The molecule has 1 aromatic carbocycles. The number of hydrogen-bond acceptors (Lipinski definition) is 5. The molecule has 7 nitrogen and oxygen atoms in total. The number of hydrogen-bond donors (Lipinski definition) is 1. The summed E-state index contributed by atoms with van der Waals surface area (Å²) in [6.07, 6.45) is 5.55. The van der Waals surface area contributed by atoms with Crippen molar-refractivity contribution < 1.29 is 13.2 Å². The normalized spacial score (nSPS) is 11.4. The third kappa shape index (κ3) is 3.30. The third-order valence-electron chi connectivity index (χ3n) is 3.96. The Bertz CT molecular complexity index is 1230. The molecule has 1 amide bonds. The van der Waals surface area contributed by atoms with Crippen LogP contribution in [0.4, 0.5) is 5.69 Å². The molecule has 27 heavy (non-hydrogen) atoms. The maximum Gasteiger partial charge on any atom is 0.274 e. The second kappa shape index (κ2) is 6.65. The Balaban J connectivity index is 1.62. The molecule has 4 rings (SSSR count). The van der Waals surface area contributed by atoms with E-state index in [0.29, 0.717) is 11.2 Å². The van der Waals surface area contributed by atoms with Gasteiger partial charge in [0.1, 0.15) is 10.6 Å². The van der Waals surface area contributed by atoms with Gasteiger partial charge in [0.15, 0.2) is 0 Å². The number of aromatic nitrogens is 3. The van der Waals surface area contributed by atoms with E-state index in [2.05, 4.69) is 15.3 Å². The Hall–Kier alpha value is -3.52. The van der Waals surface area contributed by atoms with E-state index in [1.165, 1.54) is 30.9 Å². The predicted octanol–water partition coefficient (Wildman–Crippen LogP) is 2.92. The van der Waals surface area contributed by atoms with Gasteiger partial charge in [-0.05, 0) is 30.3 Å². The van der Waals surface area contributed by atoms with Crippen molar-refractivity contribution in [2.45, 2.75) is 4.90 Å². The van der Waals surface area contributed by atoms with E-state index in [4.69, 9.17) is 0 Å². The number of pyridine rings is 2. The molecule has 0 bridgehead atoms. The van der Waals surface area contributed by atoms with Crippen LogP contribution in [-0.4, -0.2) is 28.3 Å². The minimum atomic E-state index is -3.82. The molecule has 0 aliphatic heterocycles. The summed E-state index contributed by atoms with van der Waals surface area (Å²) < 4.78 is 26.7. The van der Waals surface area contributed by atoms with Crippen molar-refractivity contribution in [1.82, 2.24) is 13.9 Å². The Kier molecular flexibility index (Phi) is 4.17. The van der Waals surface area contributed by atoms with Crippen LogP contribution in [0.2, 0.25) is 0 Å². The zero-order valence-electron chi connectivity index (χ0n) is 14.0. The lowest BCUT2D eigenvalue weighted by atomic mass is 10.2. The van der Waals surface area contributed by atoms with Crippen LogP contribution in [0.5, 0.6) is 0 Å². The van der Waals surface area contributed by atoms with Crippen molar-refractivity contribution in [3.63, 3.8) is 0 Å². The van der Waals surface area contributed by atoms with E-state index in [1.54, 1.807) is 30.3 Å². The maximum absolute atomic E-state index is 12.8. The highest BCUT2D eigenvalue weighted by Gasteiger charge is 2.18. The molecular weight excluding hydrogens is 364 g/mol. The molecular formula is C19H14N4O3S. The Morgan fingerprint density at radius 1 is 1.00 bits per heavy atom. The molecule has 4 aromatic rings. The molecule has 1 N–H and O–H groups in total. The van der Waals surface area contributed by atoms with Gasteiger partial charge in [-0.3, -0.25) is 14.8 Å². The van der Waals surface area contributed by atoms with Gasteiger partial charge in [0.25, 0.3) is 15.9 Å². The number of anilines is 1. The lowest BCUT2D eigenvalue weighted by Crippen LogP contribution is -2.14. The van der Waals surface area contributed by atoms with Gasteiger partial charge < -0.3 is 5.32 Å². The molecule has 0 saturated heterocycles. The average molecular weight is 378 g/mol. The summed E-state index contributed by atoms with van der Waals surface area (Å²) in [4.78, 5) is 20.4. The van der Waals surface area contributed by atoms with Gasteiger partial charge in [-0.15, -0.1) is 0 Å². The smallest absolute Gasteiger partial charge is 0.274 e. The maximum atomic E-state index is 12.8. The van der Waals surface area contributed by atoms with Crippen molar-refractivity contribution in [3.05, 3.63) is 85.1 Å². The van der Waals surface area contributed by atoms with E-state index >= 15 is 0 Å². The predicted molar refractivity (Wildman–Crippen MR) is 101 cm³/mol. The fraction of sp³-hybridized carbons (Fsp3) is 0. The van der Waals surface area contributed by atoms with Crippen LogP contribution in [0, 0.1) is 0 Å². The van der Waals surface area contributed by atoms with Crippen LogP contribution in [0.25, 0.3) is 10.9 Å². The largest absolute Gasteiger partial charge is 0.319 e.